The second-order valence-corrected chi connectivity index (χ2v) is 14.9. The zero-order valence-corrected chi connectivity index (χ0v) is 33.7. The van der Waals surface area contributed by atoms with Gasteiger partial charge >= 0.3 is 0 Å². The van der Waals surface area contributed by atoms with E-state index in [9.17, 15) is 0 Å². The number of aromatic nitrogens is 9. The van der Waals surface area contributed by atoms with Gasteiger partial charge in [0, 0.05) is 62.6 Å². The van der Waals surface area contributed by atoms with E-state index in [1.165, 1.54) is 0 Å². The van der Waals surface area contributed by atoms with E-state index >= 15 is 0 Å². The van der Waals surface area contributed by atoms with E-state index in [0.717, 1.165) is 72.6 Å². The van der Waals surface area contributed by atoms with Gasteiger partial charge in [0.1, 0.15) is 5.82 Å². The number of imidazole rings is 1. The van der Waals surface area contributed by atoms with Gasteiger partial charge < -0.3 is 0 Å². The van der Waals surface area contributed by atoms with Crippen molar-refractivity contribution >= 4 is 11.0 Å². The van der Waals surface area contributed by atoms with Crippen molar-refractivity contribution in [3.05, 3.63) is 213 Å². The van der Waals surface area contributed by atoms with Crippen molar-refractivity contribution in [3.63, 3.8) is 0 Å². The molecule has 0 unspecified atom stereocenters. The summed E-state index contributed by atoms with van der Waals surface area (Å²) in [5.41, 5.74) is 10.6. The monoisotopic (exact) mass is 809 g/mol. The van der Waals surface area contributed by atoms with E-state index < -0.39 is 0 Å². The third-order valence-electron chi connectivity index (χ3n) is 10.8. The van der Waals surface area contributed by atoms with Crippen molar-refractivity contribution < 1.29 is 0 Å². The molecule has 0 fully saturated rings. The van der Waals surface area contributed by atoms with Crippen molar-refractivity contribution in [2.45, 2.75) is 0 Å². The number of rotatable bonds is 9. The Morgan fingerprint density at radius 2 is 0.698 bits per heavy atom. The molecule has 296 valence electrons. The molecule has 9 nitrogen and oxygen atoms in total. The zero-order valence-electron chi connectivity index (χ0n) is 33.7. The van der Waals surface area contributed by atoms with E-state index in [-0.39, 0.29) is 0 Å². The van der Waals surface area contributed by atoms with E-state index in [1.807, 2.05) is 152 Å². The molecule has 0 aliphatic heterocycles. The van der Waals surface area contributed by atoms with Gasteiger partial charge in [-0.15, -0.1) is 0 Å². The Morgan fingerprint density at radius 3 is 1.17 bits per heavy atom. The SMILES string of the molecule is c1ccc(-c2nc(-c3ccccc3)nc(-c3cc(-c4nc(-c5ccccc5)nc(-c5ccccc5)n4)cc(-c4nc5ccccc5n4-c4cccc(-c5cccnc5)c4)c3)n2)cc1. The Bertz CT molecular complexity index is 3120. The molecule has 0 saturated heterocycles. The Hall–Kier alpha value is -8.82. The van der Waals surface area contributed by atoms with Gasteiger partial charge in [-0.3, -0.25) is 9.55 Å². The fraction of sp³-hybridized carbons (Fsp3) is 0. The fourth-order valence-electron chi connectivity index (χ4n) is 7.73. The van der Waals surface area contributed by atoms with Gasteiger partial charge in [0.15, 0.2) is 34.9 Å². The number of fused-ring (bicyclic) bond motifs is 1. The molecule has 7 aromatic carbocycles. The van der Waals surface area contributed by atoms with E-state index in [0.29, 0.717) is 34.9 Å². The Balaban J connectivity index is 1.18. The molecule has 63 heavy (non-hydrogen) atoms. The van der Waals surface area contributed by atoms with Crippen LogP contribution in [-0.4, -0.2) is 44.4 Å². The highest BCUT2D eigenvalue weighted by molar-refractivity contribution is 5.86. The standard InChI is InChI=1S/C54H35N9/c1-5-17-36(18-6-1)48-57-49(37-19-7-2-8-20-37)60-52(59-48)42-31-43(53-61-50(38-21-9-3-10-22-38)58-51(62-53)39-23-11-4-12-24-39)33-44(32-42)54-56-46-28-13-14-29-47(46)63(54)45-27-15-25-40(34-45)41-26-16-30-55-35-41/h1-35H. The lowest BCUT2D eigenvalue weighted by Gasteiger charge is -2.15. The molecule has 0 atom stereocenters. The van der Waals surface area contributed by atoms with Crippen molar-refractivity contribution in [2.75, 3.05) is 0 Å². The van der Waals surface area contributed by atoms with Crippen molar-refractivity contribution in [3.8, 4) is 96.5 Å². The second-order valence-electron chi connectivity index (χ2n) is 14.9. The average Bonchev–Trinajstić information content (AvgIpc) is 3.77. The summed E-state index contributed by atoms with van der Waals surface area (Å²) in [7, 11) is 0. The summed E-state index contributed by atoms with van der Waals surface area (Å²) in [5.74, 6) is 3.95. The van der Waals surface area contributed by atoms with E-state index in [4.69, 9.17) is 34.9 Å². The van der Waals surface area contributed by atoms with Crippen LogP contribution in [0.25, 0.3) is 108 Å². The maximum Gasteiger partial charge on any atom is 0.164 e. The maximum atomic E-state index is 5.34. The van der Waals surface area contributed by atoms with Crippen LogP contribution in [0.5, 0.6) is 0 Å². The number of hydrogen-bond acceptors (Lipinski definition) is 8. The van der Waals surface area contributed by atoms with Crippen LogP contribution in [0.2, 0.25) is 0 Å². The second kappa shape index (κ2) is 16.3. The summed E-state index contributed by atoms with van der Waals surface area (Å²) in [4.78, 5) is 40.4. The predicted octanol–water partition coefficient (Wildman–Crippen LogP) is 12.1. The summed E-state index contributed by atoms with van der Waals surface area (Å²) < 4.78 is 2.20. The summed E-state index contributed by atoms with van der Waals surface area (Å²) >= 11 is 0. The van der Waals surface area contributed by atoms with Gasteiger partial charge in [-0.05, 0) is 54.1 Å². The topological polar surface area (TPSA) is 108 Å². The molecule has 0 aliphatic rings. The first-order valence-corrected chi connectivity index (χ1v) is 20.6. The molecule has 0 aliphatic carbocycles. The minimum absolute atomic E-state index is 0.493. The highest BCUT2D eigenvalue weighted by Gasteiger charge is 2.21. The number of nitrogens with zero attached hydrogens (tertiary/aromatic N) is 9. The molecule has 0 radical (unpaired) electrons. The Morgan fingerprint density at radius 1 is 0.286 bits per heavy atom. The van der Waals surface area contributed by atoms with Gasteiger partial charge in [-0.25, -0.2) is 34.9 Å². The zero-order chi connectivity index (χ0) is 42.0. The molecule has 0 amide bonds. The first-order valence-electron chi connectivity index (χ1n) is 20.6. The molecular formula is C54H35N9. The normalized spacial score (nSPS) is 11.2. The number of benzene rings is 7. The van der Waals surface area contributed by atoms with Crippen LogP contribution < -0.4 is 0 Å². The van der Waals surface area contributed by atoms with Gasteiger partial charge in [0.2, 0.25) is 0 Å². The van der Waals surface area contributed by atoms with E-state index in [2.05, 4.69) is 64.1 Å². The molecule has 0 bridgehead atoms. The molecule has 0 N–H and O–H groups in total. The smallest absolute Gasteiger partial charge is 0.164 e. The van der Waals surface area contributed by atoms with Crippen LogP contribution >= 0.6 is 0 Å². The number of hydrogen-bond donors (Lipinski definition) is 0. The van der Waals surface area contributed by atoms with Gasteiger partial charge in [-0.2, -0.15) is 0 Å². The van der Waals surface area contributed by atoms with Crippen LogP contribution in [0.1, 0.15) is 0 Å². The molecule has 4 heterocycles. The quantitative estimate of drug-likeness (QED) is 0.142. The van der Waals surface area contributed by atoms with Gasteiger partial charge in [-0.1, -0.05) is 152 Å². The molecule has 11 aromatic rings. The summed E-state index contributed by atoms with van der Waals surface area (Å²) in [6.45, 7) is 0. The maximum absolute atomic E-state index is 5.34. The van der Waals surface area contributed by atoms with Crippen molar-refractivity contribution in [1.82, 2.24) is 44.4 Å². The van der Waals surface area contributed by atoms with Crippen LogP contribution in [0.15, 0.2) is 213 Å². The largest absolute Gasteiger partial charge is 0.292 e. The molecule has 11 rings (SSSR count). The summed E-state index contributed by atoms with van der Waals surface area (Å²) in [5, 5.41) is 0. The highest BCUT2D eigenvalue weighted by atomic mass is 15.1. The molecule has 0 spiro atoms. The molecular weight excluding hydrogens is 775 g/mol. The Labute approximate surface area is 363 Å². The first-order chi connectivity index (χ1) is 31.2. The average molecular weight is 810 g/mol. The van der Waals surface area contributed by atoms with Crippen LogP contribution in [0.3, 0.4) is 0 Å². The van der Waals surface area contributed by atoms with Gasteiger partial charge in [0.05, 0.1) is 11.0 Å². The summed E-state index contributed by atoms with van der Waals surface area (Å²) in [6, 6.07) is 66.9. The minimum Gasteiger partial charge on any atom is -0.292 e. The van der Waals surface area contributed by atoms with Crippen LogP contribution in [-0.2, 0) is 0 Å². The fourth-order valence-corrected chi connectivity index (χ4v) is 7.73. The lowest BCUT2D eigenvalue weighted by Crippen LogP contribution is -2.03. The minimum atomic E-state index is 0.493. The number of pyridine rings is 1. The molecule has 0 saturated carbocycles. The highest BCUT2D eigenvalue weighted by Crippen LogP contribution is 2.37. The number of para-hydroxylation sites is 2. The van der Waals surface area contributed by atoms with Gasteiger partial charge in [0.25, 0.3) is 0 Å². The Kier molecular flexibility index (Phi) is 9.64. The third-order valence-corrected chi connectivity index (χ3v) is 10.8. The van der Waals surface area contributed by atoms with Crippen molar-refractivity contribution in [2.24, 2.45) is 0 Å². The van der Waals surface area contributed by atoms with Crippen LogP contribution in [0, 0.1) is 0 Å². The molecule has 4 aromatic heterocycles. The van der Waals surface area contributed by atoms with Crippen LogP contribution in [0.4, 0.5) is 0 Å². The lowest BCUT2D eigenvalue weighted by molar-refractivity contribution is 1.06. The predicted molar refractivity (Wildman–Crippen MR) is 249 cm³/mol. The van der Waals surface area contributed by atoms with Crippen molar-refractivity contribution in [1.29, 1.82) is 0 Å². The first kappa shape index (κ1) is 37.2. The van der Waals surface area contributed by atoms with E-state index in [1.54, 1.807) is 6.20 Å². The lowest BCUT2D eigenvalue weighted by atomic mass is 10.0. The molecule has 9 heteroatoms. The summed E-state index contributed by atoms with van der Waals surface area (Å²) in [6.07, 6.45) is 3.67. The third kappa shape index (κ3) is 7.51.